The van der Waals surface area contributed by atoms with Crippen molar-refractivity contribution in [1.29, 1.82) is 0 Å². The Labute approximate surface area is 121 Å². The topological polar surface area (TPSA) is 97.1 Å². The van der Waals surface area contributed by atoms with Crippen molar-refractivity contribution in [1.82, 2.24) is 20.1 Å². The first-order valence-electron chi connectivity index (χ1n) is 6.92. The summed E-state index contributed by atoms with van der Waals surface area (Å²) < 4.78 is 5.66. The van der Waals surface area contributed by atoms with Crippen LogP contribution in [0.1, 0.15) is 29.9 Å². The van der Waals surface area contributed by atoms with Crippen molar-refractivity contribution in [2.24, 2.45) is 0 Å². The molecule has 0 aromatic carbocycles. The number of amides is 1. The predicted molar refractivity (Wildman–Crippen MR) is 76.5 cm³/mol. The van der Waals surface area contributed by atoms with Gasteiger partial charge in [0.15, 0.2) is 0 Å². The summed E-state index contributed by atoms with van der Waals surface area (Å²) in [6.07, 6.45) is 3.25. The van der Waals surface area contributed by atoms with Crippen molar-refractivity contribution in [3.05, 3.63) is 5.82 Å². The predicted octanol–water partition coefficient (Wildman–Crippen LogP) is 0.514. The van der Waals surface area contributed by atoms with Crippen molar-refractivity contribution in [2.45, 2.75) is 31.4 Å². The summed E-state index contributed by atoms with van der Waals surface area (Å²) in [5.41, 5.74) is 5.48. The molecule has 8 heteroatoms. The third-order valence-corrected chi connectivity index (χ3v) is 4.88. The van der Waals surface area contributed by atoms with Gasteiger partial charge < -0.3 is 15.4 Å². The van der Waals surface area contributed by atoms with Crippen LogP contribution in [0.4, 0.5) is 5.95 Å². The van der Waals surface area contributed by atoms with E-state index in [1.807, 2.05) is 16.7 Å². The zero-order chi connectivity index (χ0) is 13.9. The normalized spacial score (nSPS) is 26.0. The van der Waals surface area contributed by atoms with Crippen LogP contribution in [0.15, 0.2) is 0 Å². The number of thioether (sulfide) groups is 1. The standard InChI is InChI=1S/C12H19N5O2S/c13-12-14-10(15-16-12)11(18)17(8-3-5-20-7-8)6-9-2-1-4-19-9/h8-9H,1-7H2,(H3,13,14,15,16). The van der Waals surface area contributed by atoms with Gasteiger partial charge in [-0.3, -0.25) is 9.89 Å². The van der Waals surface area contributed by atoms with E-state index in [1.165, 1.54) is 0 Å². The second-order valence-corrected chi connectivity index (χ2v) is 6.30. The molecule has 2 aliphatic heterocycles. The van der Waals surface area contributed by atoms with Gasteiger partial charge in [0.2, 0.25) is 11.8 Å². The third-order valence-electron chi connectivity index (χ3n) is 3.74. The zero-order valence-corrected chi connectivity index (χ0v) is 12.1. The van der Waals surface area contributed by atoms with Gasteiger partial charge in [0.1, 0.15) is 0 Å². The fraction of sp³-hybridized carbons (Fsp3) is 0.750. The minimum Gasteiger partial charge on any atom is -0.376 e. The van der Waals surface area contributed by atoms with E-state index in [0.717, 1.165) is 37.4 Å². The summed E-state index contributed by atoms with van der Waals surface area (Å²) in [5, 5.41) is 6.35. The van der Waals surface area contributed by atoms with Gasteiger partial charge >= 0.3 is 0 Å². The third kappa shape index (κ3) is 2.90. The van der Waals surface area contributed by atoms with E-state index in [0.29, 0.717) is 6.54 Å². The molecule has 20 heavy (non-hydrogen) atoms. The summed E-state index contributed by atoms with van der Waals surface area (Å²) in [6, 6.07) is 0.253. The molecule has 2 unspecified atom stereocenters. The summed E-state index contributed by atoms with van der Waals surface area (Å²) >= 11 is 1.88. The van der Waals surface area contributed by atoms with Crippen molar-refractivity contribution >= 4 is 23.6 Å². The van der Waals surface area contributed by atoms with Crippen LogP contribution in [0.25, 0.3) is 0 Å². The molecule has 2 saturated heterocycles. The van der Waals surface area contributed by atoms with E-state index in [-0.39, 0.29) is 29.8 Å². The zero-order valence-electron chi connectivity index (χ0n) is 11.2. The number of nitrogens with zero attached hydrogens (tertiary/aromatic N) is 3. The quantitative estimate of drug-likeness (QED) is 0.840. The SMILES string of the molecule is Nc1n[nH]c(C(=O)N(CC2CCCO2)C2CCSC2)n1. The van der Waals surface area contributed by atoms with E-state index in [4.69, 9.17) is 10.5 Å². The molecular formula is C12H19N5O2S. The summed E-state index contributed by atoms with van der Waals surface area (Å²) in [7, 11) is 0. The smallest absolute Gasteiger partial charge is 0.291 e. The minimum atomic E-state index is -0.128. The molecule has 0 aliphatic carbocycles. The monoisotopic (exact) mass is 297 g/mol. The summed E-state index contributed by atoms with van der Waals surface area (Å²) in [5.74, 6) is 2.27. The number of aromatic nitrogens is 3. The van der Waals surface area contributed by atoms with Crippen LogP contribution in [0.5, 0.6) is 0 Å². The number of nitrogen functional groups attached to an aromatic ring is 1. The summed E-state index contributed by atoms with van der Waals surface area (Å²) in [6.45, 7) is 1.42. The lowest BCUT2D eigenvalue weighted by Gasteiger charge is -2.29. The van der Waals surface area contributed by atoms with Gasteiger partial charge in [-0.05, 0) is 25.0 Å². The molecule has 2 aliphatic rings. The maximum Gasteiger partial charge on any atom is 0.291 e. The van der Waals surface area contributed by atoms with Crippen molar-refractivity contribution in [2.75, 3.05) is 30.4 Å². The van der Waals surface area contributed by atoms with Crippen LogP contribution in [0, 0.1) is 0 Å². The Morgan fingerprint density at radius 3 is 3.05 bits per heavy atom. The number of ether oxygens (including phenoxy) is 1. The van der Waals surface area contributed by atoms with Crippen molar-refractivity contribution in [3.63, 3.8) is 0 Å². The molecule has 7 nitrogen and oxygen atoms in total. The van der Waals surface area contributed by atoms with E-state index in [1.54, 1.807) is 0 Å². The lowest BCUT2D eigenvalue weighted by Crippen LogP contribution is -2.45. The van der Waals surface area contributed by atoms with E-state index >= 15 is 0 Å². The second-order valence-electron chi connectivity index (χ2n) is 5.15. The Balaban J connectivity index is 1.74. The van der Waals surface area contributed by atoms with Gasteiger partial charge in [-0.15, -0.1) is 5.10 Å². The van der Waals surface area contributed by atoms with Crippen LogP contribution in [0.3, 0.4) is 0 Å². The Morgan fingerprint density at radius 2 is 2.45 bits per heavy atom. The fourth-order valence-electron chi connectivity index (χ4n) is 2.68. The van der Waals surface area contributed by atoms with Crippen molar-refractivity contribution in [3.8, 4) is 0 Å². The van der Waals surface area contributed by atoms with Crippen LogP contribution in [-0.2, 0) is 4.74 Å². The highest BCUT2D eigenvalue weighted by molar-refractivity contribution is 7.99. The number of rotatable bonds is 4. The molecule has 0 radical (unpaired) electrons. The van der Waals surface area contributed by atoms with Crippen LogP contribution < -0.4 is 5.73 Å². The van der Waals surface area contributed by atoms with Crippen molar-refractivity contribution < 1.29 is 9.53 Å². The Kier molecular flexibility index (Phi) is 4.11. The first-order chi connectivity index (χ1) is 9.74. The maximum atomic E-state index is 12.6. The van der Waals surface area contributed by atoms with Gasteiger partial charge in [-0.25, -0.2) is 0 Å². The molecule has 0 spiro atoms. The van der Waals surface area contributed by atoms with E-state index in [2.05, 4.69) is 15.2 Å². The van der Waals surface area contributed by atoms with Gasteiger partial charge in [0.05, 0.1) is 6.10 Å². The second kappa shape index (κ2) is 6.01. The first kappa shape index (κ1) is 13.7. The number of anilines is 1. The molecule has 1 amide bonds. The number of hydrogen-bond acceptors (Lipinski definition) is 6. The molecule has 0 saturated carbocycles. The Morgan fingerprint density at radius 1 is 1.55 bits per heavy atom. The minimum absolute atomic E-state index is 0.103. The lowest BCUT2D eigenvalue weighted by molar-refractivity contribution is 0.0433. The van der Waals surface area contributed by atoms with E-state index in [9.17, 15) is 4.79 Å². The highest BCUT2D eigenvalue weighted by Gasteiger charge is 2.32. The molecule has 1 aromatic heterocycles. The average Bonchev–Trinajstić information content (AvgIpc) is 3.17. The first-order valence-corrected chi connectivity index (χ1v) is 8.07. The number of nitrogens with two attached hydrogens (primary N) is 1. The van der Waals surface area contributed by atoms with Gasteiger partial charge in [0.25, 0.3) is 5.91 Å². The molecule has 110 valence electrons. The molecule has 2 atom stereocenters. The highest BCUT2D eigenvalue weighted by atomic mass is 32.2. The van der Waals surface area contributed by atoms with Crippen LogP contribution in [0.2, 0.25) is 0 Å². The molecule has 0 bridgehead atoms. The molecule has 3 heterocycles. The highest BCUT2D eigenvalue weighted by Crippen LogP contribution is 2.25. The molecule has 1 aromatic rings. The number of hydrogen-bond donors (Lipinski definition) is 2. The summed E-state index contributed by atoms with van der Waals surface area (Å²) in [4.78, 5) is 18.4. The molecule has 3 rings (SSSR count). The fourth-order valence-corrected chi connectivity index (χ4v) is 3.90. The number of nitrogens with one attached hydrogen (secondary N) is 1. The van der Waals surface area contributed by atoms with Gasteiger partial charge in [-0.2, -0.15) is 16.7 Å². The lowest BCUT2D eigenvalue weighted by atomic mass is 10.1. The number of carbonyl (C=O) groups excluding carboxylic acids is 1. The van der Waals surface area contributed by atoms with Gasteiger partial charge in [0, 0.05) is 24.9 Å². The van der Waals surface area contributed by atoms with Gasteiger partial charge in [-0.1, -0.05) is 0 Å². The number of H-pyrrole nitrogens is 1. The number of carbonyl (C=O) groups is 1. The Hall–Kier alpha value is -1.28. The van der Waals surface area contributed by atoms with Crippen LogP contribution in [-0.4, -0.2) is 62.8 Å². The van der Waals surface area contributed by atoms with E-state index < -0.39 is 0 Å². The number of aromatic amines is 1. The largest absolute Gasteiger partial charge is 0.376 e. The molecule has 3 N–H and O–H groups in total. The maximum absolute atomic E-state index is 12.6. The average molecular weight is 297 g/mol. The molecule has 2 fully saturated rings. The van der Waals surface area contributed by atoms with Crippen LogP contribution >= 0.6 is 11.8 Å². The molecular weight excluding hydrogens is 278 g/mol. The Bertz CT molecular complexity index is 468.